The molecule has 0 radical (unpaired) electrons. The smallest absolute Gasteiger partial charge is 0.444 e. The van der Waals surface area contributed by atoms with Crippen molar-refractivity contribution < 1.29 is 32.9 Å². The Hall–Kier alpha value is -2.15. The fourth-order valence-electron chi connectivity index (χ4n) is 1.77. The van der Waals surface area contributed by atoms with Gasteiger partial charge < -0.3 is 14.9 Å². The highest BCUT2D eigenvalue weighted by Crippen LogP contribution is 2.39. The Bertz CT molecular complexity index is 703. The molecule has 2 aromatic carbocycles. The van der Waals surface area contributed by atoms with Gasteiger partial charge in [0.1, 0.15) is 17.1 Å². The molecule has 0 fully saturated rings. The lowest BCUT2D eigenvalue weighted by Crippen LogP contribution is -2.32. The average molecular weight is 321 g/mol. The molecule has 112 valence electrons. The van der Waals surface area contributed by atoms with E-state index in [0.717, 1.165) is 0 Å². The second-order valence-electron chi connectivity index (χ2n) is 4.09. The van der Waals surface area contributed by atoms with Crippen molar-refractivity contribution in [2.45, 2.75) is 11.7 Å². The van der Waals surface area contributed by atoms with E-state index in [9.17, 15) is 23.1 Å². The van der Waals surface area contributed by atoms with E-state index in [2.05, 4.69) is 4.74 Å². The third-order valence-corrected chi connectivity index (χ3v) is 2.96. The molecule has 0 amide bonds. The van der Waals surface area contributed by atoms with Crippen LogP contribution in [0.3, 0.4) is 0 Å². The Morgan fingerprint density at radius 3 is 2.38 bits per heavy atom. The van der Waals surface area contributed by atoms with Crippen LogP contribution < -0.4 is 4.74 Å². The number of benzene rings is 2. The maximum atomic E-state index is 13.3. The summed E-state index contributed by atoms with van der Waals surface area (Å²) in [5.41, 5.74) is -3.76. The van der Waals surface area contributed by atoms with Gasteiger partial charge >= 0.3 is 12.1 Å². The van der Waals surface area contributed by atoms with Gasteiger partial charge in [0.05, 0.1) is 0 Å². The predicted octanol–water partition coefficient (Wildman–Crippen LogP) is 3.75. The Morgan fingerprint density at radius 1 is 1.29 bits per heavy atom. The lowest BCUT2D eigenvalue weighted by molar-refractivity contribution is -0.198. The van der Waals surface area contributed by atoms with E-state index in [1.54, 1.807) is 0 Å². The highest BCUT2D eigenvalue weighted by molar-refractivity contribution is 6.20. The van der Waals surface area contributed by atoms with Crippen LogP contribution in [0.1, 0.15) is 10.4 Å². The van der Waals surface area contributed by atoms with Gasteiger partial charge in [-0.05, 0) is 6.07 Å². The predicted molar refractivity (Wildman–Crippen MR) is 68.9 cm³/mol. The standard InChI is InChI=1S/C13H8ClF3O4/c14-12(15)13(16,17)21-9-5-8(11(19)20)10(18)7-4-2-1-3-6(7)9/h1-5,12,18H,(H,19,20). The second kappa shape index (κ2) is 5.33. The molecule has 8 heteroatoms. The molecular weight excluding hydrogens is 313 g/mol. The quantitative estimate of drug-likeness (QED) is 0.842. The molecule has 0 spiro atoms. The van der Waals surface area contributed by atoms with Gasteiger partial charge in [0.15, 0.2) is 0 Å². The molecule has 1 atom stereocenters. The van der Waals surface area contributed by atoms with Gasteiger partial charge in [0, 0.05) is 10.8 Å². The average Bonchev–Trinajstić information content (AvgIpc) is 2.41. The fraction of sp³-hybridized carbons (Fsp3) is 0.154. The first-order valence-electron chi connectivity index (χ1n) is 5.57. The van der Waals surface area contributed by atoms with E-state index in [1.807, 2.05) is 0 Å². The number of ether oxygens (including phenoxy) is 1. The van der Waals surface area contributed by atoms with E-state index in [1.165, 1.54) is 24.3 Å². The summed E-state index contributed by atoms with van der Waals surface area (Å²) in [7, 11) is 0. The van der Waals surface area contributed by atoms with Crippen LogP contribution in [0, 0.1) is 0 Å². The minimum absolute atomic E-state index is 0.00279. The Morgan fingerprint density at radius 2 is 1.86 bits per heavy atom. The molecular formula is C13H8ClF3O4. The lowest BCUT2D eigenvalue weighted by atomic mass is 10.0. The molecule has 2 rings (SSSR count). The molecule has 0 aliphatic rings. The van der Waals surface area contributed by atoms with Crippen molar-refractivity contribution in [1.29, 1.82) is 0 Å². The molecule has 0 saturated carbocycles. The summed E-state index contributed by atoms with van der Waals surface area (Å²) >= 11 is 4.70. The van der Waals surface area contributed by atoms with E-state index in [0.29, 0.717) is 6.07 Å². The molecule has 0 aliphatic carbocycles. The first-order chi connectivity index (χ1) is 9.74. The van der Waals surface area contributed by atoms with Crippen molar-refractivity contribution in [2.24, 2.45) is 0 Å². The van der Waals surface area contributed by atoms with Crippen LogP contribution in [0.15, 0.2) is 30.3 Å². The monoisotopic (exact) mass is 320 g/mol. The van der Waals surface area contributed by atoms with E-state index < -0.39 is 34.8 Å². The lowest BCUT2D eigenvalue weighted by Gasteiger charge is -2.19. The number of aromatic carboxylic acids is 1. The minimum Gasteiger partial charge on any atom is -0.506 e. The summed E-state index contributed by atoms with van der Waals surface area (Å²) in [6.07, 6.45) is -4.35. The minimum atomic E-state index is -4.35. The van der Waals surface area contributed by atoms with Gasteiger partial charge in [-0.3, -0.25) is 0 Å². The number of alkyl halides is 4. The third-order valence-electron chi connectivity index (χ3n) is 2.71. The number of carboxylic acids is 1. The number of phenols is 1. The molecule has 2 N–H and O–H groups in total. The molecule has 0 saturated heterocycles. The van der Waals surface area contributed by atoms with Crippen LogP contribution in [-0.2, 0) is 0 Å². The summed E-state index contributed by atoms with van der Waals surface area (Å²) in [5, 5.41) is 18.8. The highest BCUT2D eigenvalue weighted by Gasteiger charge is 2.42. The molecule has 0 aliphatic heterocycles. The maximum absolute atomic E-state index is 13.3. The number of carboxylic acid groups (broad SMARTS) is 1. The topological polar surface area (TPSA) is 66.8 Å². The number of rotatable bonds is 4. The van der Waals surface area contributed by atoms with Crippen molar-refractivity contribution in [3.63, 3.8) is 0 Å². The number of fused-ring (bicyclic) bond motifs is 1. The van der Waals surface area contributed by atoms with Gasteiger partial charge in [-0.1, -0.05) is 35.9 Å². The molecule has 0 aromatic heterocycles. The highest BCUT2D eigenvalue weighted by atomic mass is 35.5. The molecule has 1 unspecified atom stereocenters. The van der Waals surface area contributed by atoms with Crippen LogP contribution >= 0.6 is 11.6 Å². The Labute approximate surface area is 121 Å². The number of hydrogen-bond donors (Lipinski definition) is 2. The van der Waals surface area contributed by atoms with Crippen molar-refractivity contribution in [2.75, 3.05) is 0 Å². The van der Waals surface area contributed by atoms with E-state index in [-0.39, 0.29) is 10.8 Å². The SMILES string of the molecule is O=C(O)c1cc(OC(F)(F)C(F)Cl)c2ccccc2c1O. The largest absolute Gasteiger partial charge is 0.506 e. The second-order valence-corrected chi connectivity index (χ2v) is 4.47. The molecule has 2 aromatic rings. The normalized spacial score (nSPS) is 13.1. The Kier molecular flexibility index (Phi) is 3.87. The third kappa shape index (κ3) is 2.82. The van der Waals surface area contributed by atoms with E-state index in [4.69, 9.17) is 16.7 Å². The molecule has 0 bridgehead atoms. The zero-order valence-corrected chi connectivity index (χ0v) is 10.9. The van der Waals surface area contributed by atoms with Crippen LogP contribution in [0.25, 0.3) is 10.8 Å². The van der Waals surface area contributed by atoms with Gasteiger partial charge in [0.25, 0.3) is 5.63 Å². The first-order valence-corrected chi connectivity index (χ1v) is 6.00. The van der Waals surface area contributed by atoms with Crippen LogP contribution in [0.4, 0.5) is 13.2 Å². The zero-order chi connectivity index (χ0) is 15.8. The van der Waals surface area contributed by atoms with Gasteiger partial charge in [-0.15, -0.1) is 0 Å². The fourth-order valence-corrected chi connectivity index (χ4v) is 1.81. The van der Waals surface area contributed by atoms with Crippen LogP contribution in [-0.4, -0.2) is 27.9 Å². The summed E-state index contributed by atoms with van der Waals surface area (Å²) < 4.78 is 43.3. The Balaban J connectivity index is 2.68. The number of halogens is 4. The van der Waals surface area contributed by atoms with Crippen LogP contribution in [0.5, 0.6) is 11.5 Å². The van der Waals surface area contributed by atoms with Crippen molar-refractivity contribution in [3.05, 3.63) is 35.9 Å². The van der Waals surface area contributed by atoms with Gasteiger partial charge in [-0.25, -0.2) is 9.18 Å². The summed E-state index contributed by atoms with van der Waals surface area (Å²) in [6.45, 7) is 0. The van der Waals surface area contributed by atoms with Crippen molar-refractivity contribution in [1.82, 2.24) is 0 Å². The van der Waals surface area contributed by atoms with Crippen LogP contribution in [0.2, 0.25) is 0 Å². The molecule has 0 heterocycles. The summed E-state index contributed by atoms with van der Waals surface area (Å²) in [5.74, 6) is -2.75. The van der Waals surface area contributed by atoms with Crippen molar-refractivity contribution >= 4 is 28.3 Å². The zero-order valence-electron chi connectivity index (χ0n) is 10.2. The maximum Gasteiger partial charge on any atom is 0.444 e. The van der Waals surface area contributed by atoms with Crippen molar-refractivity contribution in [3.8, 4) is 11.5 Å². The summed E-state index contributed by atoms with van der Waals surface area (Å²) in [6, 6.07) is 6.24. The number of aromatic hydroxyl groups is 1. The summed E-state index contributed by atoms with van der Waals surface area (Å²) in [4.78, 5) is 11.0. The van der Waals surface area contributed by atoms with Gasteiger partial charge in [0.2, 0.25) is 0 Å². The number of hydrogen-bond acceptors (Lipinski definition) is 3. The first kappa shape index (κ1) is 15.2. The van der Waals surface area contributed by atoms with Gasteiger partial charge in [-0.2, -0.15) is 8.78 Å². The molecule has 4 nitrogen and oxygen atoms in total. The number of carbonyl (C=O) groups is 1. The molecule has 21 heavy (non-hydrogen) atoms. The van der Waals surface area contributed by atoms with E-state index >= 15 is 0 Å².